The van der Waals surface area contributed by atoms with Crippen LogP contribution in [0.25, 0.3) is 5.69 Å². The molecule has 8 nitrogen and oxygen atoms in total. The molecule has 3 heterocycles. The molecule has 0 radical (unpaired) electrons. The van der Waals surface area contributed by atoms with Gasteiger partial charge in [-0.05, 0) is 30.7 Å². The van der Waals surface area contributed by atoms with Crippen LogP contribution in [0.3, 0.4) is 0 Å². The Kier molecular flexibility index (Phi) is 3.80. The molecule has 0 saturated carbocycles. The van der Waals surface area contributed by atoms with Crippen molar-refractivity contribution in [3.8, 4) is 5.69 Å². The van der Waals surface area contributed by atoms with Crippen molar-refractivity contribution in [3.05, 3.63) is 59.5 Å². The van der Waals surface area contributed by atoms with Crippen molar-refractivity contribution >= 4 is 17.7 Å². The van der Waals surface area contributed by atoms with Crippen molar-refractivity contribution in [1.29, 1.82) is 0 Å². The highest BCUT2D eigenvalue weighted by Crippen LogP contribution is 2.39. The van der Waals surface area contributed by atoms with Gasteiger partial charge in [0.25, 0.3) is 0 Å². The van der Waals surface area contributed by atoms with E-state index in [4.69, 9.17) is 5.11 Å². The number of fused-ring (bicyclic) bond motifs is 1. The zero-order chi connectivity index (χ0) is 18.3. The molecule has 132 valence electrons. The van der Waals surface area contributed by atoms with Crippen molar-refractivity contribution in [1.82, 2.24) is 19.6 Å². The first kappa shape index (κ1) is 16.1. The second-order valence-electron chi connectivity index (χ2n) is 6.25. The molecule has 0 aliphatic carbocycles. The molecular weight excluding hydrogens is 334 g/mol. The van der Waals surface area contributed by atoms with E-state index < -0.39 is 5.97 Å². The number of hydrogen-bond donors (Lipinski definition) is 2. The lowest BCUT2D eigenvalue weighted by Gasteiger charge is -2.24. The Balaban J connectivity index is 1.80. The number of anilines is 1. The largest absolute Gasteiger partial charge is 0.480 e. The van der Waals surface area contributed by atoms with Crippen molar-refractivity contribution in [3.63, 3.8) is 0 Å². The first-order valence-corrected chi connectivity index (χ1v) is 8.22. The summed E-state index contributed by atoms with van der Waals surface area (Å²) in [5.41, 5.74) is 3.45. The number of carbonyl (C=O) groups excluding carboxylic acids is 1. The lowest BCUT2D eigenvalue weighted by atomic mass is 9.85. The molecule has 1 aromatic carbocycles. The number of carbonyl (C=O) groups is 2. The number of aliphatic carboxylic acids is 1. The van der Waals surface area contributed by atoms with E-state index in [1.165, 1.54) is 4.68 Å². The highest BCUT2D eigenvalue weighted by Gasteiger charge is 2.32. The second-order valence-corrected chi connectivity index (χ2v) is 6.25. The number of amides is 1. The number of carboxylic acid groups (broad SMARTS) is 1. The minimum atomic E-state index is -1.01. The lowest BCUT2D eigenvalue weighted by Crippen LogP contribution is -2.26. The van der Waals surface area contributed by atoms with Crippen LogP contribution in [0.5, 0.6) is 0 Å². The van der Waals surface area contributed by atoms with Gasteiger partial charge in [0, 0.05) is 30.3 Å². The smallest absolute Gasteiger partial charge is 0.325 e. The SMILES string of the molecule is Cc1nn(CC(=O)O)c2c1C(c1cccc(-n3cccn3)c1)CC(=O)N2. The highest BCUT2D eigenvalue weighted by atomic mass is 16.4. The van der Waals surface area contributed by atoms with Crippen LogP contribution < -0.4 is 5.32 Å². The molecule has 0 bridgehead atoms. The van der Waals surface area contributed by atoms with Gasteiger partial charge in [0.1, 0.15) is 12.4 Å². The quantitative estimate of drug-likeness (QED) is 0.748. The summed E-state index contributed by atoms with van der Waals surface area (Å²) in [6.07, 6.45) is 3.85. The number of carboxylic acids is 1. The van der Waals surface area contributed by atoms with Gasteiger partial charge in [-0.2, -0.15) is 10.2 Å². The Morgan fingerprint density at radius 3 is 2.96 bits per heavy atom. The van der Waals surface area contributed by atoms with Gasteiger partial charge >= 0.3 is 5.97 Å². The van der Waals surface area contributed by atoms with Crippen LogP contribution in [0.1, 0.15) is 29.2 Å². The Labute approximate surface area is 149 Å². The van der Waals surface area contributed by atoms with E-state index in [0.29, 0.717) is 5.82 Å². The summed E-state index contributed by atoms with van der Waals surface area (Å²) in [4.78, 5) is 23.3. The predicted molar refractivity (Wildman–Crippen MR) is 93.3 cm³/mol. The van der Waals surface area contributed by atoms with Crippen LogP contribution in [0.15, 0.2) is 42.7 Å². The van der Waals surface area contributed by atoms with E-state index in [9.17, 15) is 9.59 Å². The molecule has 0 saturated heterocycles. The Bertz CT molecular complexity index is 990. The van der Waals surface area contributed by atoms with Crippen LogP contribution in [-0.4, -0.2) is 36.5 Å². The van der Waals surface area contributed by atoms with Crippen molar-refractivity contribution in [2.45, 2.75) is 25.8 Å². The summed E-state index contributed by atoms with van der Waals surface area (Å²) in [5, 5.41) is 20.4. The first-order chi connectivity index (χ1) is 12.5. The van der Waals surface area contributed by atoms with Crippen molar-refractivity contribution in [2.75, 3.05) is 5.32 Å². The molecule has 1 aliphatic rings. The minimum absolute atomic E-state index is 0.154. The number of aromatic nitrogens is 4. The third-order valence-electron chi connectivity index (χ3n) is 4.50. The van der Waals surface area contributed by atoms with Gasteiger partial charge in [-0.15, -0.1) is 0 Å². The first-order valence-electron chi connectivity index (χ1n) is 8.22. The second kappa shape index (κ2) is 6.14. The maximum atomic E-state index is 12.3. The zero-order valence-corrected chi connectivity index (χ0v) is 14.1. The fourth-order valence-corrected chi connectivity index (χ4v) is 3.45. The van der Waals surface area contributed by atoms with Crippen molar-refractivity contribution < 1.29 is 14.7 Å². The van der Waals surface area contributed by atoms with Crippen LogP contribution in [-0.2, 0) is 16.1 Å². The molecule has 1 amide bonds. The Hall–Kier alpha value is -3.42. The molecule has 2 N–H and O–H groups in total. The number of benzene rings is 1. The molecule has 8 heteroatoms. The van der Waals surface area contributed by atoms with Crippen LogP contribution in [0.2, 0.25) is 0 Å². The molecule has 3 aromatic rings. The van der Waals surface area contributed by atoms with E-state index in [2.05, 4.69) is 15.5 Å². The summed E-state index contributed by atoms with van der Waals surface area (Å²) in [7, 11) is 0. The molecule has 26 heavy (non-hydrogen) atoms. The minimum Gasteiger partial charge on any atom is -0.480 e. The van der Waals surface area contributed by atoms with E-state index >= 15 is 0 Å². The van der Waals surface area contributed by atoms with Gasteiger partial charge in [-0.25, -0.2) is 9.36 Å². The topological polar surface area (TPSA) is 102 Å². The fourth-order valence-electron chi connectivity index (χ4n) is 3.45. The van der Waals surface area contributed by atoms with Gasteiger partial charge in [0.05, 0.1) is 11.4 Å². The Morgan fingerprint density at radius 1 is 1.38 bits per heavy atom. The van der Waals surface area contributed by atoms with Gasteiger partial charge in [-0.3, -0.25) is 9.59 Å². The number of aryl methyl sites for hydroxylation is 1. The van der Waals surface area contributed by atoms with E-state index in [0.717, 1.165) is 22.5 Å². The molecule has 0 fully saturated rings. The van der Waals surface area contributed by atoms with E-state index in [1.807, 2.05) is 43.5 Å². The third kappa shape index (κ3) is 2.75. The fraction of sp³-hybridized carbons (Fsp3) is 0.222. The standard InChI is InChI=1S/C18H17N5O3/c1-11-17-14(9-15(24)20-18(17)23(21-11)10-16(25)26)12-4-2-5-13(8-12)22-7-3-6-19-22/h2-8,14H,9-10H2,1H3,(H,20,24)(H,25,26). The number of rotatable bonds is 4. The highest BCUT2D eigenvalue weighted by molar-refractivity contribution is 5.95. The molecule has 2 aromatic heterocycles. The van der Waals surface area contributed by atoms with Gasteiger partial charge in [0.15, 0.2) is 0 Å². The monoisotopic (exact) mass is 351 g/mol. The average molecular weight is 351 g/mol. The number of hydrogen-bond acceptors (Lipinski definition) is 4. The van der Waals surface area contributed by atoms with Gasteiger partial charge < -0.3 is 10.4 Å². The molecule has 4 rings (SSSR count). The van der Waals surface area contributed by atoms with Crippen LogP contribution in [0.4, 0.5) is 5.82 Å². The van der Waals surface area contributed by atoms with Crippen molar-refractivity contribution in [2.24, 2.45) is 0 Å². The zero-order valence-electron chi connectivity index (χ0n) is 14.1. The van der Waals surface area contributed by atoms with E-state index in [-0.39, 0.29) is 24.8 Å². The molecule has 1 unspecified atom stereocenters. The van der Waals surface area contributed by atoms with Crippen LogP contribution in [0, 0.1) is 6.92 Å². The summed E-state index contributed by atoms with van der Waals surface area (Å²) >= 11 is 0. The summed E-state index contributed by atoms with van der Waals surface area (Å²) < 4.78 is 3.10. The molecule has 1 atom stereocenters. The average Bonchev–Trinajstić information content (AvgIpc) is 3.23. The summed E-state index contributed by atoms with van der Waals surface area (Å²) in [5.74, 6) is -0.877. The van der Waals surface area contributed by atoms with Crippen LogP contribution >= 0.6 is 0 Å². The maximum Gasteiger partial charge on any atom is 0.325 e. The predicted octanol–water partition coefficient (Wildman–Crippen LogP) is 1.94. The van der Waals surface area contributed by atoms with Gasteiger partial charge in [-0.1, -0.05) is 12.1 Å². The molecule has 0 spiro atoms. The number of nitrogens with one attached hydrogen (secondary N) is 1. The summed E-state index contributed by atoms with van der Waals surface area (Å²) in [6.45, 7) is 1.54. The summed E-state index contributed by atoms with van der Waals surface area (Å²) in [6, 6.07) is 9.68. The normalized spacial score (nSPS) is 16.2. The van der Waals surface area contributed by atoms with E-state index in [1.54, 1.807) is 10.9 Å². The molecular formula is C18H17N5O3. The third-order valence-corrected chi connectivity index (χ3v) is 4.50. The Morgan fingerprint density at radius 2 is 2.23 bits per heavy atom. The lowest BCUT2D eigenvalue weighted by molar-refractivity contribution is -0.137. The number of nitrogens with zero attached hydrogens (tertiary/aromatic N) is 4. The maximum absolute atomic E-state index is 12.3. The molecule has 1 aliphatic heterocycles. The van der Waals surface area contributed by atoms with Gasteiger partial charge in [0.2, 0.25) is 5.91 Å².